The topological polar surface area (TPSA) is 38.5 Å². The standard InChI is InChI=1S/C61H40N4/c1-2-14-49-44(12-1)13-11-19-54(49)61-62-59(45-28-24-40(25-29-45)42-32-36-47(37-33-42)64-55-20-7-3-15-50(55)51-16-4-8-21-56(51)64)60(63-61)46-30-26-41(27-31-46)43-34-38-48(39-35-43)65-57-22-9-5-17-52(57)53-18-6-10-23-58(53)65/h1-39H,(H,62,63). The van der Waals surface area contributed by atoms with Gasteiger partial charge in [-0.15, -0.1) is 0 Å². The van der Waals surface area contributed by atoms with E-state index < -0.39 is 0 Å². The normalized spacial score (nSPS) is 11.7. The second-order valence-corrected chi connectivity index (χ2v) is 16.8. The van der Waals surface area contributed by atoms with Crippen LogP contribution in [0.1, 0.15) is 0 Å². The first-order valence-electron chi connectivity index (χ1n) is 22.2. The van der Waals surface area contributed by atoms with E-state index in [4.69, 9.17) is 4.98 Å². The molecule has 65 heavy (non-hydrogen) atoms. The number of para-hydroxylation sites is 4. The van der Waals surface area contributed by atoms with Crippen molar-refractivity contribution in [3.63, 3.8) is 0 Å². The predicted octanol–water partition coefficient (Wildman–Crippen LogP) is 16.1. The molecule has 3 aromatic heterocycles. The third kappa shape index (κ3) is 6.11. The van der Waals surface area contributed by atoms with Crippen molar-refractivity contribution in [1.82, 2.24) is 19.1 Å². The monoisotopic (exact) mass is 828 g/mol. The zero-order valence-electron chi connectivity index (χ0n) is 35.4. The van der Waals surface area contributed by atoms with Crippen molar-refractivity contribution in [2.75, 3.05) is 0 Å². The Balaban J connectivity index is 0.843. The van der Waals surface area contributed by atoms with Crippen molar-refractivity contribution in [2.45, 2.75) is 0 Å². The van der Waals surface area contributed by atoms with E-state index in [1.165, 1.54) is 65.5 Å². The predicted molar refractivity (Wildman–Crippen MR) is 272 cm³/mol. The first-order chi connectivity index (χ1) is 32.2. The van der Waals surface area contributed by atoms with E-state index in [1.54, 1.807) is 0 Å². The summed E-state index contributed by atoms with van der Waals surface area (Å²) in [6, 6.07) is 85.1. The molecule has 0 atom stereocenters. The van der Waals surface area contributed by atoms with Crippen LogP contribution in [0.25, 0.3) is 122 Å². The maximum atomic E-state index is 5.37. The molecular weight excluding hydrogens is 789 g/mol. The molecule has 4 heteroatoms. The third-order valence-electron chi connectivity index (χ3n) is 13.2. The minimum atomic E-state index is 0.848. The van der Waals surface area contributed by atoms with E-state index in [9.17, 15) is 0 Å². The zero-order chi connectivity index (χ0) is 42.8. The van der Waals surface area contributed by atoms with Gasteiger partial charge in [0.05, 0.1) is 33.5 Å². The molecule has 4 nitrogen and oxygen atoms in total. The van der Waals surface area contributed by atoms with Crippen LogP contribution in [-0.2, 0) is 0 Å². The Morgan fingerprint density at radius 3 is 1.11 bits per heavy atom. The van der Waals surface area contributed by atoms with Crippen LogP contribution in [0.3, 0.4) is 0 Å². The molecule has 0 aliphatic carbocycles. The van der Waals surface area contributed by atoms with Crippen LogP contribution in [0.4, 0.5) is 0 Å². The van der Waals surface area contributed by atoms with Crippen LogP contribution >= 0.6 is 0 Å². The van der Waals surface area contributed by atoms with Gasteiger partial charge < -0.3 is 14.1 Å². The summed E-state index contributed by atoms with van der Waals surface area (Å²) in [6.07, 6.45) is 0. The Hall–Kier alpha value is -8.73. The van der Waals surface area contributed by atoms with Gasteiger partial charge in [0.1, 0.15) is 5.82 Å². The largest absolute Gasteiger partial charge is 0.337 e. The van der Waals surface area contributed by atoms with Crippen LogP contribution in [0.5, 0.6) is 0 Å². The van der Waals surface area contributed by atoms with Gasteiger partial charge in [-0.2, -0.15) is 0 Å². The lowest BCUT2D eigenvalue weighted by atomic mass is 9.99. The summed E-state index contributed by atoms with van der Waals surface area (Å²) in [4.78, 5) is 9.16. The lowest BCUT2D eigenvalue weighted by Crippen LogP contribution is -1.93. The second kappa shape index (κ2) is 15.0. The summed E-state index contributed by atoms with van der Waals surface area (Å²) in [5.41, 5.74) is 16.9. The molecule has 0 saturated heterocycles. The second-order valence-electron chi connectivity index (χ2n) is 16.8. The van der Waals surface area contributed by atoms with Crippen LogP contribution in [0.15, 0.2) is 237 Å². The maximum absolute atomic E-state index is 5.37. The number of hydrogen-bond acceptors (Lipinski definition) is 1. The van der Waals surface area contributed by atoms with E-state index in [2.05, 4.69) is 251 Å². The van der Waals surface area contributed by atoms with Crippen LogP contribution in [0, 0.1) is 0 Å². The van der Waals surface area contributed by atoms with E-state index in [-0.39, 0.29) is 0 Å². The van der Waals surface area contributed by atoms with Crippen molar-refractivity contribution in [2.24, 2.45) is 0 Å². The van der Waals surface area contributed by atoms with E-state index in [0.29, 0.717) is 0 Å². The molecule has 304 valence electrons. The van der Waals surface area contributed by atoms with Crippen molar-refractivity contribution < 1.29 is 0 Å². The van der Waals surface area contributed by atoms with Crippen LogP contribution in [0.2, 0.25) is 0 Å². The number of imidazole rings is 1. The van der Waals surface area contributed by atoms with Crippen molar-refractivity contribution in [1.29, 1.82) is 0 Å². The number of nitrogens with zero attached hydrogens (tertiary/aromatic N) is 3. The molecule has 0 fully saturated rings. The molecule has 0 aliphatic heterocycles. The first kappa shape index (κ1) is 36.9. The number of benzene rings is 10. The van der Waals surface area contributed by atoms with Gasteiger partial charge in [-0.1, -0.05) is 188 Å². The summed E-state index contributed by atoms with van der Waals surface area (Å²) in [6.45, 7) is 0. The van der Waals surface area contributed by atoms with Crippen molar-refractivity contribution in [3.8, 4) is 67.5 Å². The molecule has 13 aromatic rings. The van der Waals surface area contributed by atoms with Gasteiger partial charge in [-0.25, -0.2) is 4.98 Å². The van der Waals surface area contributed by atoms with Crippen molar-refractivity contribution in [3.05, 3.63) is 237 Å². The van der Waals surface area contributed by atoms with Crippen molar-refractivity contribution >= 4 is 54.4 Å². The van der Waals surface area contributed by atoms with Crippen LogP contribution in [-0.4, -0.2) is 19.1 Å². The number of rotatable bonds is 7. The molecular formula is C61H40N4. The zero-order valence-corrected chi connectivity index (χ0v) is 35.4. The summed E-state index contributed by atoms with van der Waals surface area (Å²) in [7, 11) is 0. The molecule has 0 spiro atoms. The highest BCUT2D eigenvalue weighted by molar-refractivity contribution is 6.10. The highest BCUT2D eigenvalue weighted by Gasteiger charge is 2.18. The average molecular weight is 829 g/mol. The van der Waals surface area contributed by atoms with Gasteiger partial charge in [0.2, 0.25) is 0 Å². The third-order valence-corrected chi connectivity index (χ3v) is 13.2. The molecule has 1 N–H and O–H groups in total. The van der Waals surface area contributed by atoms with Crippen LogP contribution < -0.4 is 0 Å². The molecule has 13 rings (SSSR count). The van der Waals surface area contributed by atoms with Gasteiger partial charge >= 0.3 is 0 Å². The van der Waals surface area contributed by atoms with Gasteiger partial charge in [-0.05, 0) is 81.6 Å². The van der Waals surface area contributed by atoms with E-state index in [1.807, 2.05) is 0 Å². The summed E-state index contributed by atoms with van der Waals surface area (Å²) < 4.78 is 4.72. The highest BCUT2D eigenvalue weighted by Crippen LogP contribution is 2.39. The number of aromatic amines is 1. The number of H-pyrrole nitrogens is 1. The Bertz CT molecular complexity index is 3570. The number of fused-ring (bicyclic) bond motifs is 7. The molecule has 10 aromatic carbocycles. The quantitative estimate of drug-likeness (QED) is 0.171. The molecule has 0 unspecified atom stereocenters. The van der Waals surface area contributed by atoms with Gasteiger partial charge in [0.15, 0.2) is 0 Å². The number of aromatic nitrogens is 4. The molecule has 0 saturated carbocycles. The average Bonchev–Trinajstić information content (AvgIpc) is 4.08. The van der Waals surface area contributed by atoms with Gasteiger partial charge in [0.25, 0.3) is 0 Å². The Kier molecular flexibility index (Phi) is 8.50. The van der Waals surface area contributed by atoms with Gasteiger partial charge in [-0.3, -0.25) is 0 Å². The summed E-state index contributed by atoms with van der Waals surface area (Å²) in [5.74, 6) is 0.848. The number of hydrogen-bond donors (Lipinski definition) is 1. The molecule has 0 amide bonds. The lowest BCUT2D eigenvalue weighted by Gasteiger charge is -2.10. The fourth-order valence-corrected chi connectivity index (χ4v) is 10.0. The minimum Gasteiger partial charge on any atom is -0.337 e. The minimum absolute atomic E-state index is 0.848. The Morgan fingerprint density at radius 2 is 0.646 bits per heavy atom. The fraction of sp³-hybridized carbons (Fsp3) is 0. The van der Waals surface area contributed by atoms with Gasteiger partial charge in [0, 0.05) is 49.6 Å². The maximum Gasteiger partial charge on any atom is 0.139 e. The molecule has 0 radical (unpaired) electrons. The van der Waals surface area contributed by atoms with E-state index >= 15 is 0 Å². The smallest absolute Gasteiger partial charge is 0.139 e. The molecule has 3 heterocycles. The summed E-state index contributed by atoms with van der Waals surface area (Å²) >= 11 is 0. The highest BCUT2D eigenvalue weighted by atomic mass is 15.0. The number of nitrogens with one attached hydrogen (secondary N) is 1. The lowest BCUT2D eigenvalue weighted by molar-refractivity contribution is 1.18. The molecule has 0 bridgehead atoms. The SMILES string of the molecule is c1ccc2c(-c3nc(-c4ccc(-c5ccc(-n6c7ccccc7c7ccccc76)cc5)cc4)c(-c4ccc(-c5ccc(-n6c7ccccc7c7ccccc76)cc5)cc4)[nH]3)cccc2c1. The Morgan fingerprint density at radius 1 is 0.292 bits per heavy atom. The first-order valence-corrected chi connectivity index (χ1v) is 22.2. The fourth-order valence-electron chi connectivity index (χ4n) is 10.0. The molecule has 0 aliphatic rings. The van der Waals surface area contributed by atoms with E-state index in [0.717, 1.165) is 56.4 Å². The summed E-state index contributed by atoms with van der Waals surface area (Å²) in [5, 5.41) is 7.42. The Labute approximate surface area is 376 Å².